The average Bonchev–Trinajstić information content (AvgIpc) is 3.06. The Morgan fingerprint density at radius 2 is 2.14 bits per heavy atom. The smallest absolute Gasteiger partial charge is 0.220 e. The van der Waals surface area contributed by atoms with Crippen molar-refractivity contribution in [3.63, 3.8) is 0 Å². The first kappa shape index (κ1) is 16.1. The van der Waals surface area contributed by atoms with Crippen molar-refractivity contribution in [2.75, 3.05) is 6.54 Å². The third-order valence-electron chi connectivity index (χ3n) is 4.50. The van der Waals surface area contributed by atoms with Crippen LogP contribution in [0.1, 0.15) is 69.9 Å². The van der Waals surface area contributed by atoms with Crippen LogP contribution in [0.3, 0.4) is 0 Å². The van der Waals surface area contributed by atoms with E-state index in [1.54, 1.807) is 0 Å². The lowest BCUT2D eigenvalue weighted by atomic mass is 10.0. The van der Waals surface area contributed by atoms with Crippen LogP contribution in [-0.2, 0) is 11.2 Å². The van der Waals surface area contributed by atoms with Gasteiger partial charge in [0, 0.05) is 37.3 Å². The maximum atomic E-state index is 11.9. The second kappa shape index (κ2) is 7.62. The van der Waals surface area contributed by atoms with Crippen molar-refractivity contribution in [3.8, 4) is 0 Å². The number of aromatic nitrogens is 2. The molecule has 1 aliphatic rings. The molecule has 1 fully saturated rings. The third-order valence-corrected chi connectivity index (χ3v) is 4.50. The molecule has 118 valence electrons. The Kier molecular flexibility index (Phi) is 5.83. The lowest BCUT2D eigenvalue weighted by Crippen LogP contribution is -2.26. The van der Waals surface area contributed by atoms with Crippen LogP contribution in [0.15, 0.2) is 6.20 Å². The number of hydrogen-bond donors (Lipinski definition) is 1. The van der Waals surface area contributed by atoms with Crippen LogP contribution < -0.4 is 5.32 Å². The molecular weight excluding hydrogens is 262 g/mol. The number of hydrogen-bond acceptors (Lipinski definition) is 2. The first-order valence-corrected chi connectivity index (χ1v) is 8.37. The fraction of sp³-hybridized carbons (Fsp3) is 0.765. The Balaban J connectivity index is 1.70. The molecule has 0 spiro atoms. The van der Waals surface area contributed by atoms with Crippen molar-refractivity contribution < 1.29 is 4.79 Å². The van der Waals surface area contributed by atoms with Crippen molar-refractivity contribution in [2.45, 2.75) is 71.8 Å². The monoisotopic (exact) mass is 291 g/mol. The molecule has 0 unspecified atom stereocenters. The van der Waals surface area contributed by atoms with E-state index in [0.717, 1.165) is 24.6 Å². The standard InChI is InChI=1S/C17H29N3O/c1-13(2)20-14(3)12-19-16(20)10-11-18-17(21)9-8-15-6-4-5-7-15/h12-13,15H,4-11H2,1-3H3,(H,18,21). The Morgan fingerprint density at radius 1 is 1.43 bits per heavy atom. The lowest BCUT2D eigenvalue weighted by Gasteiger charge is -2.14. The van der Waals surface area contributed by atoms with Gasteiger partial charge in [-0.15, -0.1) is 0 Å². The van der Waals surface area contributed by atoms with E-state index in [-0.39, 0.29) is 5.91 Å². The highest BCUT2D eigenvalue weighted by atomic mass is 16.1. The first-order valence-electron chi connectivity index (χ1n) is 8.37. The van der Waals surface area contributed by atoms with Gasteiger partial charge in [-0.05, 0) is 33.1 Å². The van der Waals surface area contributed by atoms with Gasteiger partial charge in [0.2, 0.25) is 5.91 Å². The number of imidazole rings is 1. The summed E-state index contributed by atoms with van der Waals surface area (Å²) in [6, 6.07) is 0.417. The van der Waals surface area contributed by atoms with Crippen molar-refractivity contribution in [3.05, 3.63) is 17.7 Å². The second-order valence-electron chi connectivity index (χ2n) is 6.57. The molecule has 1 aliphatic carbocycles. The molecule has 0 saturated heterocycles. The molecule has 4 heteroatoms. The van der Waals surface area contributed by atoms with Crippen LogP contribution >= 0.6 is 0 Å². The van der Waals surface area contributed by atoms with Crippen LogP contribution in [0, 0.1) is 12.8 Å². The molecule has 0 bridgehead atoms. The van der Waals surface area contributed by atoms with E-state index in [9.17, 15) is 4.79 Å². The van der Waals surface area contributed by atoms with Crippen LogP contribution in [-0.4, -0.2) is 22.0 Å². The average molecular weight is 291 g/mol. The number of nitrogens with zero attached hydrogens (tertiary/aromatic N) is 2. The molecule has 1 saturated carbocycles. The zero-order chi connectivity index (χ0) is 15.2. The van der Waals surface area contributed by atoms with Crippen molar-refractivity contribution >= 4 is 5.91 Å². The summed E-state index contributed by atoms with van der Waals surface area (Å²) >= 11 is 0. The van der Waals surface area contributed by atoms with Crippen LogP contribution in [0.4, 0.5) is 0 Å². The predicted molar refractivity (Wildman–Crippen MR) is 85.3 cm³/mol. The van der Waals surface area contributed by atoms with Crippen molar-refractivity contribution in [1.82, 2.24) is 14.9 Å². The summed E-state index contributed by atoms with van der Waals surface area (Å²) in [5.41, 5.74) is 1.19. The molecule has 0 radical (unpaired) electrons. The van der Waals surface area contributed by atoms with Gasteiger partial charge in [-0.1, -0.05) is 25.7 Å². The van der Waals surface area contributed by atoms with E-state index in [4.69, 9.17) is 0 Å². The Morgan fingerprint density at radius 3 is 2.81 bits per heavy atom. The van der Waals surface area contributed by atoms with Gasteiger partial charge in [0.25, 0.3) is 0 Å². The third kappa shape index (κ3) is 4.58. The number of nitrogens with one attached hydrogen (secondary N) is 1. The Hall–Kier alpha value is -1.32. The summed E-state index contributed by atoms with van der Waals surface area (Å²) in [5.74, 6) is 2.05. The SMILES string of the molecule is Cc1cnc(CCNC(=O)CCC2CCCC2)n1C(C)C. The maximum Gasteiger partial charge on any atom is 0.220 e. The van der Waals surface area contributed by atoms with E-state index in [0.29, 0.717) is 19.0 Å². The topological polar surface area (TPSA) is 46.9 Å². The fourth-order valence-corrected chi connectivity index (χ4v) is 3.42. The lowest BCUT2D eigenvalue weighted by molar-refractivity contribution is -0.121. The number of carbonyl (C=O) groups excluding carboxylic acids is 1. The molecule has 4 nitrogen and oxygen atoms in total. The molecule has 1 amide bonds. The highest BCUT2D eigenvalue weighted by Crippen LogP contribution is 2.28. The van der Waals surface area contributed by atoms with Crippen molar-refractivity contribution in [1.29, 1.82) is 0 Å². The summed E-state index contributed by atoms with van der Waals surface area (Å²) in [6.45, 7) is 7.10. The molecule has 1 aromatic rings. The zero-order valence-electron chi connectivity index (χ0n) is 13.7. The van der Waals surface area contributed by atoms with Gasteiger partial charge in [0.05, 0.1) is 0 Å². The summed E-state index contributed by atoms with van der Waals surface area (Å²) in [4.78, 5) is 16.3. The van der Waals surface area contributed by atoms with E-state index in [1.165, 1.54) is 31.4 Å². The molecule has 1 heterocycles. The quantitative estimate of drug-likeness (QED) is 0.837. The van der Waals surface area contributed by atoms with Gasteiger partial charge in [-0.25, -0.2) is 4.98 Å². The van der Waals surface area contributed by atoms with Gasteiger partial charge < -0.3 is 9.88 Å². The highest BCUT2D eigenvalue weighted by molar-refractivity contribution is 5.75. The molecule has 0 atom stereocenters. The van der Waals surface area contributed by atoms with E-state index < -0.39 is 0 Å². The number of aryl methyl sites for hydroxylation is 1. The molecular formula is C17H29N3O. The van der Waals surface area contributed by atoms with Gasteiger partial charge in [0.1, 0.15) is 5.82 Å². The Labute approximate surface area is 128 Å². The predicted octanol–water partition coefficient (Wildman–Crippen LogP) is 3.40. The van der Waals surface area contributed by atoms with Gasteiger partial charge >= 0.3 is 0 Å². The molecule has 0 aliphatic heterocycles. The summed E-state index contributed by atoms with van der Waals surface area (Å²) in [7, 11) is 0. The summed E-state index contributed by atoms with van der Waals surface area (Å²) < 4.78 is 2.24. The number of amides is 1. The second-order valence-corrected chi connectivity index (χ2v) is 6.57. The summed E-state index contributed by atoms with van der Waals surface area (Å²) in [6.07, 6.45) is 9.80. The van der Waals surface area contributed by atoms with E-state index >= 15 is 0 Å². The normalized spacial score (nSPS) is 15.8. The van der Waals surface area contributed by atoms with Gasteiger partial charge in [-0.3, -0.25) is 4.79 Å². The number of rotatable bonds is 7. The molecule has 2 rings (SSSR count). The molecule has 0 aromatic carbocycles. The zero-order valence-corrected chi connectivity index (χ0v) is 13.7. The minimum atomic E-state index is 0.196. The molecule has 1 N–H and O–H groups in total. The number of carbonyl (C=O) groups is 1. The molecule has 21 heavy (non-hydrogen) atoms. The minimum Gasteiger partial charge on any atom is -0.356 e. The highest BCUT2D eigenvalue weighted by Gasteiger charge is 2.16. The van der Waals surface area contributed by atoms with Gasteiger partial charge in [-0.2, -0.15) is 0 Å². The molecule has 1 aromatic heterocycles. The maximum absolute atomic E-state index is 11.9. The van der Waals surface area contributed by atoms with Crippen LogP contribution in [0.2, 0.25) is 0 Å². The van der Waals surface area contributed by atoms with Crippen molar-refractivity contribution in [2.24, 2.45) is 5.92 Å². The van der Waals surface area contributed by atoms with Gasteiger partial charge in [0.15, 0.2) is 0 Å². The van der Waals surface area contributed by atoms with E-state index in [2.05, 4.69) is 35.6 Å². The Bertz CT molecular complexity index is 459. The largest absolute Gasteiger partial charge is 0.356 e. The summed E-state index contributed by atoms with van der Waals surface area (Å²) in [5, 5.41) is 3.04. The minimum absolute atomic E-state index is 0.196. The van der Waals surface area contributed by atoms with E-state index in [1.807, 2.05) is 6.20 Å². The van der Waals surface area contributed by atoms with Crippen LogP contribution in [0.5, 0.6) is 0 Å². The fourth-order valence-electron chi connectivity index (χ4n) is 3.42. The van der Waals surface area contributed by atoms with Crippen LogP contribution in [0.25, 0.3) is 0 Å². The first-order chi connectivity index (χ1) is 10.1.